The Morgan fingerprint density at radius 2 is 0.594 bits per heavy atom. The molecule has 0 N–H and O–H groups in total. The van der Waals surface area contributed by atoms with Gasteiger partial charge in [0.1, 0.15) is 145 Å². The molecule has 0 atom stereocenters. The third-order valence-corrected chi connectivity index (χ3v) is 11.7. The predicted octanol–water partition coefficient (Wildman–Crippen LogP) is -9.25. The highest BCUT2D eigenvalue weighted by atomic mass is 16.3. The molecule has 0 amide bonds. The van der Waals surface area contributed by atoms with Crippen LogP contribution in [0, 0.1) is 0 Å². The van der Waals surface area contributed by atoms with E-state index in [-0.39, 0.29) is 171 Å². The van der Waals surface area contributed by atoms with Crippen molar-refractivity contribution in [2.45, 2.75) is 0 Å². The predicted molar refractivity (Wildman–Crippen MR) is 283 cm³/mol. The molecule has 21 heteroatoms. The van der Waals surface area contributed by atoms with Crippen LogP contribution in [0.25, 0.3) is 89.1 Å². The summed E-state index contributed by atoms with van der Waals surface area (Å²) >= 11 is 0. The molecule has 34 radical (unpaired) electrons. The largest absolute Gasteiger partial charge is 0.457 e. The van der Waals surface area contributed by atoms with Crippen LogP contribution >= 0.6 is 0 Å². The maximum Gasteiger partial charge on any atom is 0.164 e. The van der Waals surface area contributed by atoms with Crippen LogP contribution in [-0.4, -0.2) is 148 Å². The summed E-state index contributed by atoms with van der Waals surface area (Å²) in [5.41, 5.74) is 0.385. The molecule has 2 heterocycles. The fourth-order valence-electron chi connectivity index (χ4n) is 8.36. The Kier molecular flexibility index (Phi) is 11.0. The smallest absolute Gasteiger partial charge is 0.164 e. The zero-order valence-corrected chi connectivity index (χ0v) is 33.8. The van der Waals surface area contributed by atoms with Crippen LogP contribution in [0.1, 0.15) is 0 Å². The van der Waals surface area contributed by atoms with Crippen molar-refractivity contribution in [1.29, 1.82) is 0 Å². The molecule has 64 heavy (non-hydrogen) atoms. The number of hydrogen-bond donors (Lipinski definition) is 0. The first-order valence-electron chi connectivity index (χ1n) is 19.2. The van der Waals surface area contributed by atoms with Gasteiger partial charge in [-0.1, -0.05) is 110 Å². The van der Waals surface area contributed by atoms with Gasteiger partial charge in [0.15, 0.2) is 17.5 Å². The van der Waals surface area contributed by atoms with E-state index in [0.29, 0.717) is 11.1 Å². The molecule has 0 saturated heterocycles. The average molecular weight is 768 g/mol. The number of furan rings is 1. The van der Waals surface area contributed by atoms with E-state index in [1.54, 1.807) is 0 Å². The van der Waals surface area contributed by atoms with Crippen LogP contribution in [0.3, 0.4) is 0 Å². The van der Waals surface area contributed by atoms with Gasteiger partial charge in [-0.3, -0.25) is 0 Å². The van der Waals surface area contributed by atoms with Gasteiger partial charge >= 0.3 is 0 Å². The van der Waals surface area contributed by atoms with E-state index in [2.05, 4.69) is 0 Å². The number of rotatable bonds is 5. The van der Waals surface area contributed by atoms with Crippen molar-refractivity contribution in [3.63, 3.8) is 0 Å². The standard InChI is InChI=1S/C43H10B17N3O/c44-22-13(15-23(45)16(26(48)33(55)25(15)47)18-28(50)36(58)38(60)37(59)29(18)51)14-20-24(46)17-19(30(52)35(57)34(56)27(17)49)31(53)40(20)64-39(14)32(54)21(22)43-62-41(11-7-3-1-4-8-11)61-42(63-43)12-9-5-2-6-10-12/h1-10H. The molecule has 2 aromatic heterocycles. The molecule has 0 saturated carbocycles. The first-order valence-corrected chi connectivity index (χ1v) is 19.2. The van der Waals surface area contributed by atoms with E-state index in [9.17, 15) is 0 Å². The maximum absolute atomic E-state index is 7.42. The van der Waals surface area contributed by atoms with Crippen LogP contribution in [-0.2, 0) is 0 Å². The van der Waals surface area contributed by atoms with Gasteiger partial charge < -0.3 is 4.42 Å². The molecule has 0 unspecified atom stereocenters. The van der Waals surface area contributed by atoms with E-state index >= 15 is 0 Å². The highest BCUT2D eigenvalue weighted by Gasteiger charge is 2.30. The van der Waals surface area contributed by atoms with E-state index < -0.39 is 0 Å². The minimum atomic E-state index is -0.151. The van der Waals surface area contributed by atoms with Crippen molar-refractivity contribution in [2.75, 3.05) is 0 Å². The summed E-state index contributed by atoms with van der Waals surface area (Å²) in [6.45, 7) is 0. The van der Waals surface area contributed by atoms with Gasteiger partial charge in [0, 0.05) is 27.5 Å². The molecule has 0 aliphatic carbocycles. The molecule has 4 nitrogen and oxygen atoms in total. The Morgan fingerprint density at radius 1 is 0.250 bits per heavy atom. The summed E-state index contributed by atoms with van der Waals surface area (Å²) in [5.74, 6) is 0.607. The third kappa shape index (κ3) is 6.33. The first kappa shape index (κ1) is 43.9. The van der Waals surface area contributed by atoms with Crippen LogP contribution in [0.5, 0.6) is 0 Å². The minimum absolute atomic E-state index is 0.00362. The highest BCUT2D eigenvalue weighted by Crippen LogP contribution is 2.36. The highest BCUT2D eigenvalue weighted by molar-refractivity contribution is 6.73. The Bertz CT molecular complexity index is 3440. The van der Waals surface area contributed by atoms with Crippen LogP contribution < -0.4 is 92.9 Å². The van der Waals surface area contributed by atoms with Crippen molar-refractivity contribution < 1.29 is 4.42 Å². The zero-order chi connectivity index (χ0) is 46.0. The first-order chi connectivity index (χ1) is 30.4. The molecule has 9 rings (SSSR count). The molecule has 0 fully saturated rings. The second kappa shape index (κ2) is 16.0. The van der Waals surface area contributed by atoms with Crippen molar-refractivity contribution in [2.24, 2.45) is 0 Å². The Hall–Kier alpha value is -5.29. The number of nitrogens with zero attached hydrogens (tertiary/aromatic N) is 3. The van der Waals surface area contributed by atoms with Crippen molar-refractivity contribution >= 4 is 259 Å². The third-order valence-electron chi connectivity index (χ3n) is 11.7. The summed E-state index contributed by atoms with van der Waals surface area (Å²) in [4.78, 5) is 14.7. The summed E-state index contributed by atoms with van der Waals surface area (Å²) in [6, 6.07) is 18.5. The molecule has 7 aromatic carbocycles. The second-order valence-electron chi connectivity index (χ2n) is 15.2. The lowest BCUT2D eigenvalue weighted by Crippen LogP contribution is -2.57. The Labute approximate surface area is 393 Å². The van der Waals surface area contributed by atoms with E-state index in [1.807, 2.05) is 60.7 Å². The Balaban J connectivity index is 1.53. The maximum atomic E-state index is 7.42. The molecule has 0 aliphatic heterocycles. The van der Waals surface area contributed by atoms with Crippen LogP contribution in [0.2, 0.25) is 0 Å². The van der Waals surface area contributed by atoms with Gasteiger partial charge in [-0.05, 0) is 44.0 Å². The number of aromatic nitrogens is 3. The number of benzene rings is 7. The molecule has 0 spiro atoms. The van der Waals surface area contributed by atoms with E-state index in [4.69, 9.17) is 153 Å². The van der Waals surface area contributed by atoms with Gasteiger partial charge in [-0.25, -0.2) is 15.0 Å². The van der Waals surface area contributed by atoms with Crippen LogP contribution in [0.4, 0.5) is 0 Å². The Morgan fingerprint density at radius 3 is 1.08 bits per heavy atom. The van der Waals surface area contributed by atoms with Gasteiger partial charge in [-0.2, -0.15) is 0 Å². The lowest BCUT2D eigenvalue weighted by Gasteiger charge is -2.29. The summed E-state index contributed by atoms with van der Waals surface area (Å²) in [7, 11) is 114. The summed E-state index contributed by atoms with van der Waals surface area (Å²) in [5, 5.41) is 0.672. The normalized spacial score (nSPS) is 11.6. The minimum Gasteiger partial charge on any atom is -0.457 e. The zero-order valence-electron chi connectivity index (χ0n) is 33.8. The molecule has 9 aromatic rings. The van der Waals surface area contributed by atoms with Gasteiger partial charge in [0.2, 0.25) is 0 Å². The second-order valence-corrected chi connectivity index (χ2v) is 15.2. The fraction of sp³-hybridized carbons (Fsp3) is 0. The fourth-order valence-corrected chi connectivity index (χ4v) is 8.36. The van der Waals surface area contributed by atoms with Crippen molar-refractivity contribution in [3.8, 4) is 56.4 Å². The number of fused-ring (bicyclic) bond motifs is 4. The van der Waals surface area contributed by atoms with Crippen molar-refractivity contribution in [1.82, 2.24) is 15.0 Å². The quantitative estimate of drug-likeness (QED) is 0.164. The van der Waals surface area contributed by atoms with Crippen molar-refractivity contribution in [3.05, 3.63) is 60.7 Å². The summed E-state index contributed by atoms with van der Waals surface area (Å²) < 4.78 is 6.66. The van der Waals surface area contributed by atoms with E-state index in [1.165, 1.54) is 0 Å². The van der Waals surface area contributed by atoms with Gasteiger partial charge in [0.25, 0.3) is 0 Å². The molecular weight excluding hydrogens is 758 g/mol. The monoisotopic (exact) mass is 771 g/mol. The molecule has 254 valence electrons. The topological polar surface area (TPSA) is 51.8 Å². The van der Waals surface area contributed by atoms with Crippen LogP contribution in [0.15, 0.2) is 65.1 Å². The number of hydrogen-bond acceptors (Lipinski definition) is 4. The van der Waals surface area contributed by atoms with E-state index in [0.717, 1.165) is 0 Å². The average Bonchev–Trinajstić information content (AvgIpc) is 3.71. The summed E-state index contributed by atoms with van der Waals surface area (Å²) in [6.07, 6.45) is 0. The molecule has 0 bridgehead atoms. The SMILES string of the molecule is [B]c1c([B])c([B])c(-c2c([B])c([B])c([B])c(-c3c([B])c(-c4nc(-c5ccccc5)nc(-c5ccccc5)n4)c([B])c4oc5c([B])c6c([B])c([B])c([B])c([B])c6c([B])c5c34)c2[B])c([B])c1[B]. The lowest BCUT2D eigenvalue weighted by molar-refractivity contribution is 0.675. The van der Waals surface area contributed by atoms with Gasteiger partial charge in [0.05, 0.1) is 0 Å². The van der Waals surface area contributed by atoms with Gasteiger partial charge in [-0.15, -0.1) is 32.8 Å². The lowest BCUT2D eigenvalue weighted by atomic mass is 9.55. The molecular formula is C43H10B17N3O. The molecule has 0 aliphatic rings.